The van der Waals surface area contributed by atoms with Gasteiger partial charge >= 0.3 is 12.1 Å². The third kappa shape index (κ3) is 3.08. The van der Waals surface area contributed by atoms with Crippen LogP contribution >= 0.6 is 0 Å². The second kappa shape index (κ2) is 4.06. The molecule has 0 atom stereocenters. The fraction of sp³-hybridized carbons (Fsp3) is 0.625. The number of rotatable bonds is 4. The summed E-state index contributed by atoms with van der Waals surface area (Å²) in [6.45, 7) is 4.74. The van der Waals surface area contributed by atoms with Crippen molar-refractivity contribution in [2.45, 2.75) is 31.9 Å². The molecular formula is C8H9F5O. The Hall–Kier alpha value is -0.940. The number of halogens is 5. The minimum Gasteiger partial charge on any atom is -0.293 e. The zero-order chi connectivity index (χ0) is 11.6. The van der Waals surface area contributed by atoms with Crippen LogP contribution < -0.4 is 0 Å². The molecule has 0 aliphatic heterocycles. The van der Waals surface area contributed by atoms with Crippen LogP contribution in [0.4, 0.5) is 22.0 Å². The van der Waals surface area contributed by atoms with Gasteiger partial charge in [-0.1, -0.05) is 5.57 Å². The standard InChI is InChI=1S/C8H9F5O/c1-5(2)3-4-6(14)7(9,10)8(11,12)13/h1,3-4H2,2H3. The van der Waals surface area contributed by atoms with E-state index in [0.717, 1.165) is 0 Å². The smallest absolute Gasteiger partial charge is 0.293 e. The van der Waals surface area contributed by atoms with E-state index >= 15 is 0 Å². The van der Waals surface area contributed by atoms with Crippen molar-refractivity contribution in [3.8, 4) is 0 Å². The number of ketones is 1. The Morgan fingerprint density at radius 2 is 1.57 bits per heavy atom. The van der Waals surface area contributed by atoms with Gasteiger partial charge in [-0.25, -0.2) is 0 Å². The maximum atomic E-state index is 12.3. The first-order valence-corrected chi connectivity index (χ1v) is 3.71. The molecule has 0 saturated carbocycles. The molecule has 6 heteroatoms. The number of carbonyl (C=O) groups is 1. The molecule has 0 bridgehead atoms. The summed E-state index contributed by atoms with van der Waals surface area (Å²) in [5.74, 6) is -7.37. The van der Waals surface area contributed by atoms with E-state index in [9.17, 15) is 26.7 Å². The van der Waals surface area contributed by atoms with Gasteiger partial charge in [0.25, 0.3) is 0 Å². The summed E-state index contributed by atoms with van der Waals surface area (Å²) in [6, 6.07) is 0. The van der Waals surface area contributed by atoms with Crippen LogP contribution in [0.15, 0.2) is 12.2 Å². The van der Waals surface area contributed by atoms with Crippen molar-refractivity contribution in [1.29, 1.82) is 0 Å². The van der Waals surface area contributed by atoms with Crippen molar-refractivity contribution in [3.05, 3.63) is 12.2 Å². The summed E-state index contributed by atoms with van der Waals surface area (Å²) in [6.07, 6.45) is -6.81. The normalized spacial score (nSPS) is 12.7. The molecule has 0 N–H and O–H groups in total. The average molecular weight is 216 g/mol. The monoisotopic (exact) mass is 216 g/mol. The van der Waals surface area contributed by atoms with Gasteiger partial charge in [0, 0.05) is 6.42 Å². The van der Waals surface area contributed by atoms with Crippen LogP contribution in [-0.4, -0.2) is 17.9 Å². The first-order valence-electron chi connectivity index (χ1n) is 3.71. The van der Waals surface area contributed by atoms with Crippen molar-refractivity contribution in [3.63, 3.8) is 0 Å². The molecule has 0 spiro atoms. The molecule has 82 valence electrons. The van der Waals surface area contributed by atoms with Gasteiger partial charge in [0.05, 0.1) is 0 Å². The predicted molar refractivity (Wildman–Crippen MR) is 40.1 cm³/mol. The molecule has 0 amide bonds. The molecule has 0 heterocycles. The second-order valence-corrected chi connectivity index (χ2v) is 2.95. The predicted octanol–water partition coefficient (Wildman–Crippen LogP) is 3.11. The number of allylic oxidation sites excluding steroid dienone is 1. The molecule has 0 aliphatic rings. The lowest BCUT2D eigenvalue weighted by Crippen LogP contribution is -2.43. The molecule has 1 nitrogen and oxygen atoms in total. The third-order valence-electron chi connectivity index (χ3n) is 1.49. The van der Waals surface area contributed by atoms with Crippen molar-refractivity contribution in [1.82, 2.24) is 0 Å². The van der Waals surface area contributed by atoms with Crippen LogP contribution in [0.3, 0.4) is 0 Å². The summed E-state index contributed by atoms with van der Waals surface area (Å²) < 4.78 is 59.4. The Labute approximate surface area is 77.6 Å². The Morgan fingerprint density at radius 1 is 1.14 bits per heavy atom. The van der Waals surface area contributed by atoms with Crippen LogP contribution in [0.25, 0.3) is 0 Å². The minimum absolute atomic E-state index is 0.162. The summed E-state index contributed by atoms with van der Waals surface area (Å²) in [4.78, 5) is 10.5. The molecule has 0 aliphatic carbocycles. The molecule has 0 fully saturated rings. The van der Waals surface area contributed by atoms with E-state index in [1.165, 1.54) is 6.92 Å². The molecule has 0 saturated heterocycles. The fourth-order valence-corrected chi connectivity index (χ4v) is 0.642. The zero-order valence-electron chi connectivity index (χ0n) is 7.42. The van der Waals surface area contributed by atoms with Gasteiger partial charge in [0.15, 0.2) is 0 Å². The summed E-state index contributed by atoms with van der Waals surface area (Å²) in [5.41, 5.74) is 0.385. The SMILES string of the molecule is C=C(C)CCC(=O)C(F)(F)C(F)(F)F. The van der Waals surface area contributed by atoms with Gasteiger partial charge in [-0.05, 0) is 13.3 Å². The molecule has 0 aromatic heterocycles. The number of Topliss-reactive ketones (excluding diaryl/α,β-unsaturated/α-hetero) is 1. The van der Waals surface area contributed by atoms with Crippen LogP contribution in [0, 0.1) is 0 Å². The van der Waals surface area contributed by atoms with E-state index in [4.69, 9.17) is 0 Å². The third-order valence-corrected chi connectivity index (χ3v) is 1.49. The maximum absolute atomic E-state index is 12.3. The Kier molecular flexibility index (Phi) is 3.79. The van der Waals surface area contributed by atoms with Crippen LogP contribution in [0.2, 0.25) is 0 Å². The van der Waals surface area contributed by atoms with Crippen LogP contribution in [-0.2, 0) is 4.79 Å². The lowest BCUT2D eigenvalue weighted by atomic mass is 10.1. The van der Waals surface area contributed by atoms with Gasteiger partial charge in [-0.3, -0.25) is 4.79 Å². The second-order valence-electron chi connectivity index (χ2n) is 2.95. The molecule has 0 aromatic carbocycles. The van der Waals surface area contributed by atoms with E-state index in [-0.39, 0.29) is 6.42 Å². The topological polar surface area (TPSA) is 17.1 Å². The van der Waals surface area contributed by atoms with Crippen molar-refractivity contribution < 1.29 is 26.7 Å². The van der Waals surface area contributed by atoms with Gasteiger partial charge in [-0.2, -0.15) is 22.0 Å². The summed E-state index contributed by atoms with van der Waals surface area (Å²) >= 11 is 0. The highest BCUT2D eigenvalue weighted by atomic mass is 19.4. The van der Waals surface area contributed by atoms with E-state index in [1.54, 1.807) is 0 Å². The fourth-order valence-electron chi connectivity index (χ4n) is 0.642. The van der Waals surface area contributed by atoms with Crippen LogP contribution in [0.1, 0.15) is 19.8 Å². The number of hydrogen-bond acceptors (Lipinski definition) is 1. The first kappa shape index (κ1) is 13.1. The van der Waals surface area contributed by atoms with Crippen LogP contribution in [0.5, 0.6) is 0 Å². The maximum Gasteiger partial charge on any atom is 0.461 e. The lowest BCUT2D eigenvalue weighted by molar-refractivity contribution is -0.268. The highest BCUT2D eigenvalue weighted by Crippen LogP contribution is 2.37. The number of alkyl halides is 5. The largest absolute Gasteiger partial charge is 0.461 e. The highest BCUT2D eigenvalue weighted by molar-refractivity contribution is 5.86. The summed E-state index contributed by atoms with van der Waals surface area (Å²) in [7, 11) is 0. The molecule has 0 radical (unpaired) electrons. The average Bonchev–Trinajstić information content (AvgIpc) is 1.97. The number of hydrogen-bond donors (Lipinski definition) is 0. The number of carbonyl (C=O) groups excluding carboxylic acids is 1. The first-order chi connectivity index (χ1) is 6.09. The Bertz CT molecular complexity index is 241. The van der Waals surface area contributed by atoms with Gasteiger partial charge in [0.1, 0.15) is 0 Å². The molecule has 0 aromatic rings. The van der Waals surface area contributed by atoms with Gasteiger partial charge < -0.3 is 0 Å². The molecular weight excluding hydrogens is 207 g/mol. The quantitative estimate of drug-likeness (QED) is 0.521. The minimum atomic E-state index is -5.81. The van der Waals surface area contributed by atoms with Crippen molar-refractivity contribution >= 4 is 5.78 Å². The molecule has 14 heavy (non-hydrogen) atoms. The van der Waals surface area contributed by atoms with E-state index in [0.29, 0.717) is 5.57 Å². The molecule has 0 unspecified atom stereocenters. The Balaban J connectivity index is 4.45. The van der Waals surface area contributed by atoms with E-state index < -0.39 is 24.3 Å². The Morgan fingerprint density at radius 3 is 1.86 bits per heavy atom. The highest BCUT2D eigenvalue weighted by Gasteiger charge is 2.62. The van der Waals surface area contributed by atoms with Crippen molar-refractivity contribution in [2.24, 2.45) is 0 Å². The lowest BCUT2D eigenvalue weighted by Gasteiger charge is -2.17. The van der Waals surface area contributed by atoms with E-state index in [2.05, 4.69) is 6.58 Å². The van der Waals surface area contributed by atoms with Crippen molar-refractivity contribution in [2.75, 3.05) is 0 Å². The zero-order valence-corrected chi connectivity index (χ0v) is 7.42. The van der Waals surface area contributed by atoms with Gasteiger partial charge in [0.2, 0.25) is 5.78 Å². The van der Waals surface area contributed by atoms with Gasteiger partial charge in [-0.15, -0.1) is 6.58 Å². The van der Waals surface area contributed by atoms with E-state index in [1.807, 2.05) is 0 Å². The summed E-state index contributed by atoms with van der Waals surface area (Å²) in [5, 5.41) is 0. The molecule has 0 rings (SSSR count).